The largest absolute Gasteiger partial charge is 0.488 e. The summed E-state index contributed by atoms with van der Waals surface area (Å²) in [4.78, 5) is 29.7. The first kappa shape index (κ1) is 31.0. The normalized spacial score (nSPS) is 11.0. The van der Waals surface area contributed by atoms with Gasteiger partial charge in [-0.05, 0) is 42.5 Å². The van der Waals surface area contributed by atoms with Gasteiger partial charge in [-0.3, -0.25) is 4.79 Å². The van der Waals surface area contributed by atoms with E-state index in [1.807, 2.05) is 86.6 Å². The van der Waals surface area contributed by atoms with E-state index >= 15 is 0 Å². The molecule has 3 aromatic carbocycles. The van der Waals surface area contributed by atoms with E-state index in [0.717, 1.165) is 16.7 Å². The molecule has 2 aromatic heterocycles. The smallest absolute Gasteiger partial charge is 0.397 e. The van der Waals surface area contributed by atoms with Crippen LogP contribution in [0.2, 0.25) is 0 Å². The summed E-state index contributed by atoms with van der Waals surface area (Å²) < 4.78 is 28.8. The van der Waals surface area contributed by atoms with Crippen molar-refractivity contribution >= 4 is 11.9 Å². The zero-order valence-corrected chi connectivity index (χ0v) is 25.5. The second-order valence-corrected chi connectivity index (χ2v) is 10.3. The van der Waals surface area contributed by atoms with Crippen LogP contribution in [-0.2, 0) is 18.0 Å². The molecule has 1 amide bonds. The molecule has 0 atom stereocenters. The summed E-state index contributed by atoms with van der Waals surface area (Å²) in [5, 5.41) is 10.8. The van der Waals surface area contributed by atoms with Crippen LogP contribution in [0.15, 0.2) is 81.8 Å². The molecule has 0 spiro atoms. The van der Waals surface area contributed by atoms with Gasteiger partial charge in [0.1, 0.15) is 30.3 Å². The lowest BCUT2D eigenvalue weighted by Crippen LogP contribution is -2.23. The highest BCUT2D eigenvalue weighted by Crippen LogP contribution is 2.44. The molecule has 5 aromatic rings. The number of esters is 1. The van der Waals surface area contributed by atoms with Crippen molar-refractivity contribution in [1.82, 2.24) is 20.6 Å². The molecule has 45 heavy (non-hydrogen) atoms. The van der Waals surface area contributed by atoms with Crippen molar-refractivity contribution in [3.05, 3.63) is 101 Å². The summed E-state index contributed by atoms with van der Waals surface area (Å²) in [6, 6.07) is 23.3. The van der Waals surface area contributed by atoms with Gasteiger partial charge in [-0.2, -0.15) is 4.98 Å². The third-order valence-electron chi connectivity index (χ3n) is 6.80. The molecule has 0 aliphatic heterocycles. The molecule has 0 fully saturated rings. The average molecular weight is 611 g/mol. The van der Waals surface area contributed by atoms with Crippen LogP contribution in [0.5, 0.6) is 11.5 Å². The van der Waals surface area contributed by atoms with Crippen molar-refractivity contribution < 1.29 is 32.8 Å². The molecule has 0 saturated heterocycles. The summed E-state index contributed by atoms with van der Waals surface area (Å²) in [7, 11) is 0. The molecule has 5 rings (SSSR count). The first-order chi connectivity index (χ1) is 21.9. The van der Waals surface area contributed by atoms with Crippen LogP contribution in [-0.4, -0.2) is 40.3 Å². The fourth-order valence-electron chi connectivity index (χ4n) is 4.60. The van der Waals surface area contributed by atoms with E-state index in [1.54, 1.807) is 13.8 Å². The van der Waals surface area contributed by atoms with Gasteiger partial charge in [0.25, 0.3) is 5.91 Å². The van der Waals surface area contributed by atoms with Gasteiger partial charge in [0.2, 0.25) is 5.82 Å². The van der Waals surface area contributed by atoms with Crippen molar-refractivity contribution in [3.63, 3.8) is 0 Å². The highest BCUT2D eigenvalue weighted by Gasteiger charge is 2.31. The number of ether oxygens (including phenoxy) is 3. The Morgan fingerprint density at radius 1 is 0.844 bits per heavy atom. The number of benzene rings is 3. The first-order valence-electron chi connectivity index (χ1n) is 14.7. The maximum Gasteiger partial charge on any atom is 0.397 e. The lowest BCUT2D eigenvalue weighted by molar-refractivity contribution is 0.0470. The summed E-state index contributed by atoms with van der Waals surface area (Å²) in [5.41, 5.74) is 3.38. The molecule has 232 valence electrons. The molecule has 2 heterocycles. The zero-order chi connectivity index (χ0) is 31.8. The molecule has 11 nitrogen and oxygen atoms in total. The number of nitrogens with zero attached hydrogens (tertiary/aromatic N) is 3. The Hall–Kier alpha value is -5.45. The quantitative estimate of drug-likeness (QED) is 0.145. The zero-order valence-electron chi connectivity index (χ0n) is 25.5. The lowest BCUT2D eigenvalue weighted by atomic mass is 9.96. The topological polar surface area (TPSA) is 139 Å². The molecule has 0 radical (unpaired) electrons. The molecular formula is C34H34N4O7. The summed E-state index contributed by atoms with van der Waals surface area (Å²) in [6.45, 7) is 8.61. The molecule has 0 unspecified atom stereocenters. The van der Waals surface area contributed by atoms with E-state index in [0.29, 0.717) is 30.2 Å². The van der Waals surface area contributed by atoms with E-state index in [4.69, 9.17) is 23.3 Å². The van der Waals surface area contributed by atoms with Crippen LogP contribution in [0, 0.1) is 0 Å². The van der Waals surface area contributed by atoms with Crippen LogP contribution in [0.3, 0.4) is 0 Å². The number of hydrogen-bond donors (Lipinski definition) is 1. The number of aromatic nitrogens is 3. The predicted octanol–water partition coefficient (Wildman–Crippen LogP) is 6.60. The van der Waals surface area contributed by atoms with Gasteiger partial charge < -0.3 is 28.6 Å². The lowest BCUT2D eigenvalue weighted by Gasteiger charge is -2.19. The Bertz CT molecular complexity index is 1750. The van der Waals surface area contributed by atoms with Crippen LogP contribution < -0.4 is 14.8 Å². The number of nitrogens with one attached hydrogen (secondary N) is 1. The van der Waals surface area contributed by atoms with E-state index in [9.17, 15) is 9.59 Å². The van der Waals surface area contributed by atoms with Gasteiger partial charge in [-0.15, -0.1) is 0 Å². The number of rotatable bonds is 13. The van der Waals surface area contributed by atoms with Crippen molar-refractivity contribution in [2.45, 2.75) is 46.8 Å². The van der Waals surface area contributed by atoms with E-state index < -0.39 is 11.9 Å². The van der Waals surface area contributed by atoms with Crippen molar-refractivity contribution in [2.24, 2.45) is 0 Å². The third-order valence-corrected chi connectivity index (χ3v) is 6.80. The number of amides is 1. The minimum absolute atomic E-state index is 0.0347. The van der Waals surface area contributed by atoms with E-state index in [2.05, 4.69) is 20.6 Å². The Balaban J connectivity index is 1.65. The molecule has 0 saturated carbocycles. The first-order valence-corrected chi connectivity index (χ1v) is 14.7. The Morgan fingerprint density at radius 2 is 1.49 bits per heavy atom. The SMILES string of the molecule is CCNC(=O)c1noc(-c2cc(C(C)C)c(OCc3ccccc3)cc2OCc2ccccc2)c1-c1noc(C(=O)OCC)n1. The molecule has 0 aliphatic carbocycles. The fourth-order valence-corrected chi connectivity index (χ4v) is 4.60. The minimum atomic E-state index is -0.789. The predicted molar refractivity (Wildman–Crippen MR) is 165 cm³/mol. The Morgan fingerprint density at radius 3 is 2.09 bits per heavy atom. The Labute approximate surface area is 260 Å². The number of carbonyl (C=O) groups is 2. The van der Waals surface area contributed by atoms with Crippen LogP contribution in [0.4, 0.5) is 0 Å². The van der Waals surface area contributed by atoms with Gasteiger partial charge in [-0.25, -0.2) is 4.79 Å². The maximum atomic E-state index is 13.1. The number of carbonyl (C=O) groups excluding carboxylic acids is 2. The summed E-state index contributed by atoms with van der Waals surface area (Å²) in [5.74, 6) is -0.491. The van der Waals surface area contributed by atoms with Gasteiger partial charge in [0.15, 0.2) is 11.5 Å². The standard InChI is InChI=1S/C34H34N4O7/c1-5-35-32(39)29-28(31-36-33(45-38-31)34(40)41-6-2)30(44-37-29)25-17-24(21(3)4)26(42-19-22-13-9-7-10-14-22)18-27(25)43-20-23-15-11-8-12-16-23/h7-18,21H,5-6,19-20H2,1-4H3,(H,35,39). The van der Waals surface area contributed by atoms with Gasteiger partial charge in [-0.1, -0.05) is 84.8 Å². The Kier molecular flexibility index (Phi) is 9.88. The molecule has 1 N–H and O–H groups in total. The van der Waals surface area contributed by atoms with Gasteiger partial charge in [0.05, 0.1) is 12.2 Å². The van der Waals surface area contributed by atoms with Crippen LogP contribution >= 0.6 is 0 Å². The van der Waals surface area contributed by atoms with Crippen LogP contribution in [0.1, 0.15) is 71.5 Å². The molecule has 0 aliphatic rings. The van der Waals surface area contributed by atoms with Crippen molar-refractivity contribution in [2.75, 3.05) is 13.2 Å². The van der Waals surface area contributed by atoms with Gasteiger partial charge in [0, 0.05) is 12.6 Å². The maximum absolute atomic E-state index is 13.1. The van der Waals surface area contributed by atoms with Gasteiger partial charge >= 0.3 is 11.9 Å². The monoisotopic (exact) mass is 610 g/mol. The summed E-state index contributed by atoms with van der Waals surface area (Å²) in [6.07, 6.45) is 0. The molecular weight excluding hydrogens is 576 g/mol. The summed E-state index contributed by atoms with van der Waals surface area (Å²) >= 11 is 0. The van der Waals surface area contributed by atoms with Crippen molar-refractivity contribution in [1.29, 1.82) is 0 Å². The molecule has 11 heteroatoms. The highest BCUT2D eigenvalue weighted by atomic mass is 16.6. The average Bonchev–Trinajstić information content (AvgIpc) is 3.72. The number of hydrogen-bond acceptors (Lipinski definition) is 10. The van der Waals surface area contributed by atoms with E-state index in [1.165, 1.54) is 0 Å². The highest BCUT2D eigenvalue weighted by molar-refractivity contribution is 6.01. The second-order valence-electron chi connectivity index (χ2n) is 10.3. The fraction of sp³-hybridized carbons (Fsp3) is 0.265. The third kappa shape index (κ3) is 7.20. The van der Waals surface area contributed by atoms with Crippen molar-refractivity contribution in [3.8, 4) is 34.2 Å². The second kappa shape index (κ2) is 14.3. The van der Waals surface area contributed by atoms with Crippen LogP contribution in [0.25, 0.3) is 22.7 Å². The van der Waals surface area contributed by atoms with E-state index in [-0.39, 0.29) is 47.9 Å². The minimum Gasteiger partial charge on any atom is -0.488 e. The molecule has 0 bridgehead atoms.